The molecule has 6 nitrogen and oxygen atoms in total. The Hall–Kier alpha value is -3.15. The van der Waals surface area contributed by atoms with Crippen molar-refractivity contribution in [2.75, 3.05) is 0 Å². The summed E-state index contributed by atoms with van der Waals surface area (Å²) in [7, 11) is 0. The lowest BCUT2D eigenvalue weighted by Gasteiger charge is -2.24. The average molecular weight is 380 g/mol. The van der Waals surface area contributed by atoms with Gasteiger partial charge in [0.1, 0.15) is 5.54 Å². The zero-order valence-electron chi connectivity index (χ0n) is 16.4. The number of urea groups is 1. The van der Waals surface area contributed by atoms with Crippen molar-refractivity contribution in [2.45, 2.75) is 45.2 Å². The van der Waals surface area contributed by atoms with Gasteiger partial charge >= 0.3 is 12.0 Å². The third kappa shape index (κ3) is 3.50. The second-order valence-corrected chi connectivity index (χ2v) is 8.28. The molecular weight excluding hydrogens is 356 g/mol. The largest absolute Gasteiger partial charge is 0.478 e. The molecule has 0 aliphatic carbocycles. The summed E-state index contributed by atoms with van der Waals surface area (Å²) in [5.74, 6) is -1.35. The number of rotatable bonds is 4. The average Bonchev–Trinajstić information content (AvgIpc) is 2.86. The minimum atomic E-state index is -1.13. The maximum atomic E-state index is 13.0. The van der Waals surface area contributed by atoms with E-state index in [9.17, 15) is 14.4 Å². The first-order valence-corrected chi connectivity index (χ1v) is 9.10. The highest BCUT2D eigenvalue weighted by Crippen LogP contribution is 2.31. The number of amides is 3. The third-order valence-corrected chi connectivity index (χ3v) is 5.14. The molecule has 0 bridgehead atoms. The van der Waals surface area contributed by atoms with Crippen molar-refractivity contribution >= 4 is 17.9 Å². The number of nitrogens with one attached hydrogen (secondary N) is 1. The first kappa shape index (κ1) is 19.6. The van der Waals surface area contributed by atoms with Gasteiger partial charge in [0, 0.05) is 0 Å². The molecule has 3 amide bonds. The van der Waals surface area contributed by atoms with Gasteiger partial charge in [-0.1, -0.05) is 57.2 Å². The fourth-order valence-electron chi connectivity index (χ4n) is 3.28. The summed E-state index contributed by atoms with van der Waals surface area (Å²) < 4.78 is 0. The number of hydrogen-bond donors (Lipinski definition) is 2. The number of carbonyl (C=O) groups is 3. The van der Waals surface area contributed by atoms with E-state index in [-0.39, 0.29) is 23.4 Å². The lowest BCUT2D eigenvalue weighted by atomic mass is 9.84. The van der Waals surface area contributed by atoms with Crippen LogP contribution >= 0.6 is 0 Å². The Kier molecular flexibility index (Phi) is 4.75. The summed E-state index contributed by atoms with van der Waals surface area (Å²) in [4.78, 5) is 37.6. The minimum Gasteiger partial charge on any atom is -0.478 e. The summed E-state index contributed by atoms with van der Waals surface area (Å²) >= 11 is 0. The third-order valence-electron chi connectivity index (χ3n) is 5.14. The highest BCUT2D eigenvalue weighted by atomic mass is 16.4. The van der Waals surface area contributed by atoms with Crippen LogP contribution in [0.4, 0.5) is 4.79 Å². The van der Waals surface area contributed by atoms with Crippen molar-refractivity contribution in [1.29, 1.82) is 0 Å². The molecule has 1 fully saturated rings. The van der Waals surface area contributed by atoms with Crippen LogP contribution in [0.3, 0.4) is 0 Å². The number of imide groups is 1. The van der Waals surface area contributed by atoms with E-state index in [2.05, 4.69) is 26.1 Å². The molecule has 2 aromatic rings. The van der Waals surface area contributed by atoms with Gasteiger partial charge in [-0.05, 0) is 41.2 Å². The molecule has 6 heteroatoms. The molecule has 0 radical (unpaired) electrons. The Morgan fingerprint density at radius 2 is 1.61 bits per heavy atom. The van der Waals surface area contributed by atoms with E-state index in [0.717, 1.165) is 16.0 Å². The molecule has 2 aromatic carbocycles. The summed E-state index contributed by atoms with van der Waals surface area (Å²) in [5.41, 5.74) is 1.57. The highest BCUT2D eigenvalue weighted by Gasteiger charge is 2.48. The van der Waals surface area contributed by atoms with E-state index < -0.39 is 17.5 Å². The number of benzene rings is 2. The van der Waals surface area contributed by atoms with Crippen molar-refractivity contribution < 1.29 is 19.5 Å². The first-order chi connectivity index (χ1) is 13.0. The summed E-state index contributed by atoms with van der Waals surface area (Å²) in [6.07, 6.45) is 0. The van der Waals surface area contributed by atoms with E-state index in [1.165, 1.54) is 12.1 Å². The van der Waals surface area contributed by atoms with E-state index in [1.54, 1.807) is 19.1 Å². The molecule has 1 aliphatic heterocycles. The lowest BCUT2D eigenvalue weighted by molar-refractivity contribution is -0.131. The zero-order valence-corrected chi connectivity index (χ0v) is 16.4. The van der Waals surface area contributed by atoms with Gasteiger partial charge in [0.05, 0.1) is 12.1 Å². The van der Waals surface area contributed by atoms with Gasteiger partial charge in [0.2, 0.25) is 0 Å². The highest BCUT2D eigenvalue weighted by molar-refractivity contribution is 6.07. The Bertz CT molecular complexity index is 927. The van der Waals surface area contributed by atoms with Crippen LogP contribution in [0.5, 0.6) is 0 Å². The number of carboxylic acids is 1. The Balaban J connectivity index is 1.83. The predicted molar refractivity (Wildman–Crippen MR) is 105 cm³/mol. The van der Waals surface area contributed by atoms with Crippen LogP contribution in [-0.2, 0) is 22.3 Å². The van der Waals surface area contributed by atoms with Crippen molar-refractivity contribution in [3.8, 4) is 0 Å². The van der Waals surface area contributed by atoms with Gasteiger partial charge in [-0.15, -0.1) is 0 Å². The number of aromatic carboxylic acids is 1. The van der Waals surface area contributed by atoms with Crippen molar-refractivity contribution in [3.63, 3.8) is 0 Å². The van der Waals surface area contributed by atoms with Crippen LogP contribution in [-0.4, -0.2) is 27.9 Å². The van der Waals surface area contributed by atoms with E-state index in [1.807, 2.05) is 24.3 Å². The number of carboxylic acid groups (broad SMARTS) is 1. The van der Waals surface area contributed by atoms with Crippen molar-refractivity contribution in [2.24, 2.45) is 0 Å². The molecule has 146 valence electrons. The molecule has 1 heterocycles. The van der Waals surface area contributed by atoms with Gasteiger partial charge in [-0.3, -0.25) is 9.69 Å². The molecule has 28 heavy (non-hydrogen) atoms. The summed E-state index contributed by atoms with van der Waals surface area (Å²) in [6, 6.07) is 13.4. The molecule has 0 aromatic heterocycles. The smallest absolute Gasteiger partial charge is 0.335 e. The van der Waals surface area contributed by atoms with Gasteiger partial charge < -0.3 is 10.4 Å². The van der Waals surface area contributed by atoms with Crippen molar-refractivity contribution in [3.05, 3.63) is 70.8 Å². The topological polar surface area (TPSA) is 86.7 Å². The molecule has 2 N–H and O–H groups in total. The fraction of sp³-hybridized carbons (Fsp3) is 0.318. The molecule has 1 saturated heterocycles. The van der Waals surface area contributed by atoms with Gasteiger partial charge in [-0.2, -0.15) is 0 Å². The standard InChI is InChI=1S/C22H24N2O4/c1-21(2,3)16-9-11-17(12-10-16)22(4)19(27)24(20(28)23-22)13-14-5-7-15(8-6-14)18(25)26/h5-12H,13H2,1-4H3,(H,23,28)(H,25,26). The maximum absolute atomic E-state index is 13.0. The molecule has 0 saturated carbocycles. The second kappa shape index (κ2) is 6.78. The maximum Gasteiger partial charge on any atom is 0.335 e. The first-order valence-electron chi connectivity index (χ1n) is 9.10. The van der Waals surface area contributed by atoms with Gasteiger partial charge in [0.15, 0.2) is 0 Å². The van der Waals surface area contributed by atoms with E-state index >= 15 is 0 Å². The quantitative estimate of drug-likeness (QED) is 0.793. The van der Waals surface area contributed by atoms with Crippen LogP contribution in [0.25, 0.3) is 0 Å². The van der Waals surface area contributed by atoms with Gasteiger partial charge in [0.25, 0.3) is 5.91 Å². The zero-order chi connectivity index (χ0) is 20.7. The van der Waals surface area contributed by atoms with Crippen LogP contribution in [0.1, 0.15) is 54.7 Å². The molecule has 1 unspecified atom stereocenters. The molecular formula is C22H24N2O4. The second-order valence-electron chi connectivity index (χ2n) is 8.28. The lowest BCUT2D eigenvalue weighted by Crippen LogP contribution is -2.40. The summed E-state index contributed by atoms with van der Waals surface area (Å²) in [5, 5.41) is 11.8. The monoisotopic (exact) mass is 380 g/mol. The fourth-order valence-corrected chi connectivity index (χ4v) is 3.28. The SMILES string of the molecule is CC(C)(C)c1ccc(C2(C)NC(=O)N(Cc3ccc(C(=O)O)cc3)C2=O)cc1. The Morgan fingerprint density at radius 3 is 2.11 bits per heavy atom. The van der Waals surface area contributed by atoms with Crippen molar-refractivity contribution in [1.82, 2.24) is 10.2 Å². The van der Waals surface area contributed by atoms with Gasteiger partial charge in [-0.25, -0.2) is 9.59 Å². The number of carbonyl (C=O) groups excluding carboxylic acids is 2. The Morgan fingerprint density at radius 1 is 1.04 bits per heavy atom. The van der Waals surface area contributed by atoms with Crippen LogP contribution in [0.15, 0.2) is 48.5 Å². The van der Waals surface area contributed by atoms with E-state index in [4.69, 9.17) is 5.11 Å². The normalized spacial score (nSPS) is 19.6. The van der Waals surface area contributed by atoms with Crippen LogP contribution in [0.2, 0.25) is 0 Å². The number of nitrogens with zero attached hydrogens (tertiary/aromatic N) is 1. The van der Waals surface area contributed by atoms with Crippen LogP contribution < -0.4 is 5.32 Å². The Labute approximate surface area is 164 Å². The predicted octanol–water partition coefficient (Wildman–Crippen LogP) is 3.65. The van der Waals surface area contributed by atoms with E-state index in [0.29, 0.717) is 5.56 Å². The molecule has 0 spiro atoms. The molecule has 3 rings (SSSR count). The molecule has 1 atom stereocenters. The molecule has 1 aliphatic rings. The number of hydrogen-bond acceptors (Lipinski definition) is 3. The van der Waals surface area contributed by atoms with Crippen LogP contribution in [0, 0.1) is 0 Å². The minimum absolute atomic E-state index is 0.00345. The summed E-state index contributed by atoms with van der Waals surface area (Å²) in [6.45, 7) is 8.13.